The first-order chi connectivity index (χ1) is 8.60. The van der Waals surface area contributed by atoms with Gasteiger partial charge in [-0.2, -0.15) is 0 Å². The molecule has 0 aromatic carbocycles. The summed E-state index contributed by atoms with van der Waals surface area (Å²) in [5.74, 6) is 5.95. The number of carbonyl (C=O) groups is 2. The average molecular weight is 250 g/mol. The molecule has 0 aliphatic carbocycles. The number of hydrogen-bond donors (Lipinski definition) is 1. The molecule has 0 aromatic rings. The van der Waals surface area contributed by atoms with Gasteiger partial charge in [0.15, 0.2) is 0 Å². The second kappa shape index (κ2) is 7.05. The van der Waals surface area contributed by atoms with Crippen molar-refractivity contribution in [2.45, 2.75) is 46.1 Å². The Morgan fingerprint density at radius 1 is 1.50 bits per heavy atom. The van der Waals surface area contributed by atoms with Gasteiger partial charge >= 0.3 is 0 Å². The molecule has 100 valence electrons. The van der Waals surface area contributed by atoms with Crippen molar-refractivity contribution in [2.75, 3.05) is 13.1 Å². The highest BCUT2D eigenvalue weighted by Crippen LogP contribution is 2.14. The van der Waals surface area contributed by atoms with Crippen LogP contribution in [0, 0.1) is 17.8 Å². The summed E-state index contributed by atoms with van der Waals surface area (Å²) in [5, 5.41) is 2.83. The average Bonchev–Trinajstić information content (AvgIpc) is 2.50. The summed E-state index contributed by atoms with van der Waals surface area (Å²) < 4.78 is 0. The molecule has 0 radical (unpaired) electrons. The molecular weight excluding hydrogens is 228 g/mol. The zero-order chi connectivity index (χ0) is 13.5. The van der Waals surface area contributed by atoms with Gasteiger partial charge in [-0.1, -0.05) is 20.3 Å². The predicted octanol–water partition coefficient (Wildman–Crippen LogP) is 1.16. The van der Waals surface area contributed by atoms with Crippen LogP contribution in [-0.4, -0.2) is 35.8 Å². The van der Waals surface area contributed by atoms with E-state index in [1.54, 1.807) is 11.8 Å². The molecule has 1 aliphatic rings. The minimum absolute atomic E-state index is 0.0299. The van der Waals surface area contributed by atoms with E-state index >= 15 is 0 Å². The van der Waals surface area contributed by atoms with Crippen molar-refractivity contribution in [2.24, 2.45) is 5.92 Å². The number of hydrogen-bond acceptors (Lipinski definition) is 2. The molecule has 0 spiro atoms. The standard InChI is InChI=1S/C14H22N2O2/c1-4-6-7-9-16-10-8-12(17)15-13(14(16)18)11(3)5-2/h11,13H,5,7-10H2,1-3H3,(H,15,17). The summed E-state index contributed by atoms with van der Waals surface area (Å²) in [6.07, 6.45) is 1.93. The Kier molecular flexibility index (Phi) is 5.70. The normalized spacial score (nSPS) is 21.7. The van der Waals surface area contributed by atoms with Crippen LogP contribution in [0.15, 0.2) is 0 Å². The molecule has 1 saturated heterocycles. The monoisotopic (exact) mass is 250 g/mol. The summed E-state index contributed by atoms with van der Waals surface area (Å²) in [7, 11) is 0. The summed E-state index contributed by atoms with van der Waals surface area (Å²) in [6.45, 7) is 6.93. The van der Waals surface area contributed by atoms with Crippen molar-refractivity contribution in [3.63, 3.8) is 0 Å². The molecule has 0 aromatic heterocycles. The van der Waals surface area contributed by atoms with Crippen LogP contribution in [-0.2, 0) is 9.59 Å². The van der Waals surface area contributed by atoms with E-state index in [1.807, 2.05) is 13.8 Å². The maximum Gasteiger partial charge on any atom is 0.245 e. The van der Waals surface area contributed by atoms with E-state index in [0.717, 1.165) is 6.42 Å². The topological polar surface area (TPSA) is 49.4 Å². The van der Waals surface area contributed by atoms with Crippen molar-refractivity contribution in [3.05, 3.63) is 0 Å². The number of amides is 2. The molecule has 4 nitrogen and oxygen atoms in total. The number of rotatable bonds is 4. The lowest BCUT2D eigenvalue weighted by molar-refractivity contribution is -0.134. The third-order valence-electron chi connectivity index (χ3n) is 3.40. The first-order valence-electron chi connectivity index (χ1n) is 6.57. The second-order valence-corrected chi connectivity index (χ2v) is 4.68. The summed E-state index contributed by atoms with van der Waals surface area (Å²) in [5.41, 5.74) is 0. The molecule has 0 saturated carbocycles. The maximum atomic E-state index is 12.3. The van der Waals surface area contributed by atoms with Gasteiger partial charge in [-0.05, 0) is 12.8 Å². The lowest BCUT2D eigenvalue weighted by Gasteiger charge is -2.26. The summed E-state index contributed by atoms with van der Waals surface area (Å²) in [6, 6.07) is -0.375. The van der Waals surface area contributed by atoms with Crippen molar-refractivity contribution in [3.8, 4) is 11.8 Å². The number of carbonyl (C=O) groups excluding carboxylic acids is 2. The van der Waals surface area contributed by atoms with Gasteiger partial charge in [0.05, 0.1) is 0 Å². The van der Waals surface area contributed by atoms with Crippen LogP contribution >= 0.6 is 0 Å². The first-order valence-corrected chi connectivity index (χ1v) is 6.57. The lowest BCUT2D eigenvalue weighted by Crippen LogP contribution is -2.48. The molecule has 1 rings (SSSR count). The van der Waals surface area contributed by atoms with Crippen molar-refractivity contribution in [1.29, 1.82) is 0 Å². The van der Waals surface area contributed by atoms with E-state index in [2.05, 4.69) is 17.2 Å². The largest absolute Gasteiger partial charge is 0.344 e. The van der Waals surface area contributed by atoms with Crippen molar-refractivity contribution >= 4 is 11.8 Å². The molecule has 2 amide bonds. The van der Waals surface area contributed by atoms with Gasteiger partial charge in [-0.25, -0.2) is 0 Å². The molecule has 1 fully saturated rings. The van der Waals surface area contributed by atoms with Gasteiger partial charge in [0.1, 0.15) is 6.04 Å². The quantitative estimate of drug-likeness (QED) is 0.761. The number of nitrogens with one attached hydrogen (secondary N) is 1. The van der Waals surface area contributed by atoms with E-state index in [0.29, 0.717) is 25.9 Å². The third-order valence-corrected chi connectivity index (χ3v) is 3.40. The molecule has 1 N–H and O–H groups in total. The minimum atomic E-state index is -0.375. The Labute approximate surface area is 109 Å². The van der Waals surface area contributed by atoms with Gasteiger partial charge in [-0.15, -0.1) is 11.8 Å². The molecule has 1 aliphatic heterocycles. The Morgan fingerprint density at radius 3 is 2.83 bits per heavy atom. The highest BCUT2D eigenvalue weighted by Gasteiger charge is 2.32. The van der Waals surface area contributed by atoms with Gasteiger partial charge < -0.3 is 10.2 Å². The maximum absolute atomic E-state index is 12.3. The zero-order valence-electron chi connectivity index (χ0n) is 11.5. The fourth-order valence-corrected chi connectivity index (χ4v) is 2.01. The van der Waals surface area contributed by atoms with Gasteiger partial charge in [0, 0.05) is 25.9 Å². The number of nitrogens with zero attached hydrogens (tertiary/aromatic N) is 1. The van der Waals surface area contributed by atoms with Crippen molar-refractivity contribution in [1.82, 2.24) is 10.2 Å². The Bertz CT molecular complexity index is 368. The van der Waals surface area contributed by atoms with E-state index < -0.39 is 0 Å². The van der Waals surface area contributed by atoms with E-state index in [-0.39, 0.29) is 23.8 Å². The van der Waals surface area contributed by atoms with Gasteiger partial charge in [-0.3, -0.25) is 9.59 Å². The SMILES string of the molecule is CC#CCCN1CCC(=O)NC(C(C)CC)C1=O. The minimum Gasteiger partial charge on any atom is -0.344 e. The van der Waals surface area contributed by atoms with Gasteiger partial charge in [0.2, 0.25) is 11.8 Å². The lowest BCUT2D eigenvalue weighted by atomic mass is 9.98. The summed E-state index contributed by atoms with van der Waals surface area (Å²) >= 11 is 0. The van der Waals surface area contributed by atoms with Crippen LogP contribution in [0.5, 0.6) is 0 Å². The molecular formula is C14H22N2O2. The fourth-order valence-electron chi connectivity index (χ4n) is 2.01. The van der Waals surface area contributed by atoms with Crippen LogP contribution in [0.3, 0.4) is 0 Å². The van der Waals surface area contributed by atoms with E-state index in [4.69, 9.17) is 0 Å². The molecule has 4 heteroatoms. The van der Waals surface area contributed by atoms with Crippen LogP contribution in [0.1, 0.15) is 40.0 Å². The Hall–Kier alpha value is -1.50. The van der Waals surface area contributed by atoms with Crippen LogP contribution < -0.4 is 5.32 Å². The third kappa shape index (κ3) is 3.76. The van der Waals surface area contributed by atoms with E-state index in [1.165, 1.54) is 0 Å². The Morgan fingerprint density at radius 2 is 2.22 bits per heavy atom. The molecule has 0 bridgehead atoms. The first kappa shape index (κ1) is 14.6. The van der Waals surface area contributed by atoms with Gasteiger partial charge in [0.25, 0.3) is 0 Å². The highest BCUT2D eigenvalue weighted by atomic mass is 16.2. The molecule has 18 heavy (non-hydrogen) atoms. The molecule has 1 heterocycles. The van der Waals surface area contributed by atoms with Crippen molar-refractivity contribution < 1.29 is 9.59 Å². The second-order valence-electron chi connectivity index (χ2n) is 4.68. The molecule has 2 unspecified atom stereocenters. The highest BCUT2D eigenvalue weighted by molar-refractivity contribution is 5.90. The zero-order valence-corrected chi connectivity index (χ0v) is 11.5. The van der Waals surface area contributed by atoms with Crippen LogP contribution in [0.25, 0.3) is 0 Å². The Balaban J connectivity index is 2.74. The van der Waals surface area contributed by atoms with E-state index in [9.17, 15) is 9.59 Å². The van der Waals surface area contributed by atoms with Crippen LogP contribution in [0.4, 0.5) is 0 Å². The smallest absolute Gasteiger partial charge is 0.245 e. The predicted molar refractivity (Wildman–Crippen MR) is 70.6 cm³/mol. The van der Waals surface area contributed by atoms with Crippen LogP contribution in [0.2, 0.25) is 0 Å². The molecule has 2 atom stereocenters. The summed E-state index contributed by atoms with van der Waals surface area (Å²) in [4.78, 5) is 25.7. The fraction of sp³-hybridized carbons (Fsp3) is 0.714.